The van der Waals surface area contributed by atoms with Crippen molar-refractivity contribution in [2.24, 2.45) is 17.8 Å². The van der Waals surface area contributed by atoms with E-state index in [2.05, 4.69) is 0 Å². The number of Topliss-reactive ketones (excluding diaryl/α,β-unsaturated/α-hetero) is 1. The van der Waals surface area contributed by atoms with E-state index in [0.29, 0.717) is 12.3 Å². The molecule has 0 aliphatic carbocycles. The molecule has 2 heteroatoms. The van der Waals surface area contributed by atoms with E-state index in [-0.39, 0.29) is 17.6 Å². The van der Waals surface area contributed by atoms with E-state index in [0.717, 1.165) is 6.29 Å². The normalized spacial score (nSPS) is 13.5. The molecule has 1 unspecified atom stereocenters. The standard InChI is InChI=1S/C10H18O2/c1-7(2)5-9(6-11)10(12)8(3)4/h6-9H,5H2,1-4H3. The van der Waals surface area contributed by atoms with Crippen LogP contribution in [0.15, 0.2) is 0 Å². The summed E-state index contributed by atoms with van der Waals surface area (Å²) in [6.45, 7) is 7.70. The smallest absolute Gasteiger partial charge is 0.145 e. The second kappa shape index (κ2) is 5.07. The number of ketones is 1. The summed E-state index contributed by atoms with van der Waals surface area (Å²) in [5.41, 5.74) is 0. The van der Waals surface area contributed by atoms with Gasteiger partial charge in [0.1, 0.15) is 12.1 Å². The number of hydrogen-bond donors (Lipinski definition) is 0. The predicted molar refractivity (Wildman–Crippen MR) is 48.9 cm³/mol. The van der Waals surface area contributed by atoms with Crippen LogP contribution in [0.4, 0.5) is 0 Å². The Morgan fingerprint density at radius 1 is 1.25 bits per heavy atom. The average molecular weight is 170 g/mol. The molecule has 0 saturated heterocycles. The van der Waals surface area contributed by atoms with E-state index in [1.165, 1.54) is 0 Å². The highest BCUT2D eigenvalue weighted by atomic mass is 16.1. The SMILES string of the molecule is CC(C)CC(C=O)C(=O)C(C)C. The summed E-state index contributed by atoms with van der Waals surface area (Å²) in [5, 5.41) is 0. The lowest BCUT2D eigenvalue weighted by Crippen LogP contribution is -2.22. The fraction of sp³-hybridized carbons (Fsp3) is 0.800. The van der Waals surface area contributed by atoms with Crippen LogP contribution in [0, 0.1) is 17.8 Å². The monoisotopic (exact) mass is 170 g/mol. The van der Waals surface area contributed by atoms with Gasteiger partial charge in [-0.15, -0.1) is 0 Å². The van der Waals surface area contributed by atoms with Crippen molar-refractivity contribution in [3.05, 3.63) is 0 Å². The van der Waals surface area contributed by atoms with Crippen molar-refractivity contribution < 1.29 is 9.59 Å². The van der Waals surface area contributed by atoms with Gasteiger partial charge in [-0.3, -0.25) is 4.79 Å². The van der Waals surface area contributed by atoms with Crippen molar-refractivity contribution in [3.63, 3.8) is 0 Å². The molecule has 0 bridgehead atoms. The van der Waals surface area contributed by atoms with E-state index in [4.69, 9.17) is 0 Å². The minimum absolute atomic E-state index is 0.0288. The number of rotatable bonds is 5. The largest absolute Gasteiger partial charge is 0.303 e. The van der Waals surface area contributed by atoms with Crippen molar-refractivity contribution in [2.45, 2.75) is 34.1 Å². The van der Waals surface area contributed by atoms with Crippen LogP contribution >= 0.6 is 0 Å². The summed E-state index contributed by atoms with van der Waals surface area (Å²) in [5.74, 6) is 0.0607. The van der Waals surface area contributed by atoms with Crippen LogP contribution in [0.5, 0.6) is 0 Å². The Labute approximate surface area is 74.3 Å². The zero-order valence-corrected chi connectivity index (χ0v) is 8.33. The highest BCUT2D eigenvalue weighted by Gasteiger charge is 2.20. The van der Waals surface area contributed by atoms with E-state index in [1.807, 2.05) is 27.7 Å². The predicted octanol–water partition coefficient (Wildman–Crippen LogP) is 2.07. The zero-order valence-electron chi connectivity index (χ0n) is 8.33. The van der Waals surface area contributed by atoms with Gasteiger partial charge in [-0.1, -0.05) is 27.7 Å². The third kappa shape index (κ3) is 3.65. The molecule has 0 radical (unpaired) electrons. The number of hydrogen-bond acceptors (Lipinski definition) is 2. The van der Waals surface area contributed by atoms with E-state index in [9.17, 15) is 9.59 Å². The summed E-state index contributed by atoms with van der Waals surface area (Å²) in [7, 11) is 0. The van der Waals surface area contributed by atoms with Gasteiger partial charge >= 0.3 is 0 Å². The van der Waals surface area contributed by atoms with Crippen LogP contribution in [0.1, 0.15) is 34.1 Å². The first kappa shape index (κ1) is 11.3. The molecule has 0 rings (SSSR count). The van der Waals surface area contributed by atoms with Gasteiger partial charge in [-0.05, 0) is 12.3 Å². The lowest BCUT2D eigenvalue weighted by molar-refractivity contribution is -0.130. The van der Waals surface area contributed by atoms with Crippen LogP contribution in [0.2, 0.25) is 0 Å². The average Bonchev–Trinajstić information content (AvgIpc) is 1.98. The topological polar surface area (TPSA) is 34.1 Å². The minimum Gasteiger partial charge on any atom is -0.303 e. The maximum Gasteiger partial charge on any atom is 0.145 e. The van der Waals surface area contributed by atoms with Crippen molar-refractivity contribution in [1.29, 1.82) is 0 Å². The highest BCUT2D eigenvalue weighted by Crippen LogP contribution is 2.14. The molecule has 0 heterocycles. The molecular weight excluding hydrogens is 152 g/mol. The van der Waals surface area contributed by atoms with E-state index >= 15 is 0 Å². The summed E-state index contributed by atoms with van der Waals surface area (Å²) in [6, 6.07) is 0. The molecule has 0 saturated carbocycles. The molecule has 12 heavy (non-hydrogen) atoms. The molecule has 0 fully saturated rings. The Kier molecular flexibility index (Phi) is 4.79. The van der Waals surface area contributed by atoms with Crippen LogP contribution in [-0.4, -0.2) is 12.1 Å². The van der Waals surface area contributed by atoms with Gasteiger partial charge in [0.25, 0.3) is 0 Å². The number of carbonyl (C=O) groups is 2. The van der Waals surface area contributed by atoms with Gasteiger partial charge in [-0.25, -0.2) is 0 Å². The molecule has 2 nitrogen and oxygen atoms in total. The first-order valence-electron chi connectivity index (χ1n) is 4.48. The zero-order chi connectivity index (χ0) is 9.72. The van der Waals surface area contributed by atoms with Gasteiger partial charge in [0.15, 0.2) is 0 Å². The summed E-state index contributed by atoms with van der Waals surface area (Å²) in [4.78, 5) is 21.9. The van der Waals surface area contributed by atoms with Crippen LogP contribution in [-0.2, 0) is 9.59 Å². The molecule has 0 N–H and O–H groups in total. The van der Waals surface area contributed by atoms with E-state index in [1.54, 1.807) is 0 Å². The van der Waals surface area contributed by atoms with Gasteiger partial charge < -0.3 is 4.79 Å². The first-order chi connectivity index (χ1) is 5.49. The maximum atomic E-state index is 11.4. The molecule has 0 aliphatic rings. The Hall–Kier alpha value is -0.660. The fourth-order valence-corrected chi connectivity index (χ4v) is 1.17. The lowest BCUT2D eigenvalue weighted by Gasteiger charge is -2.13. The fourth-order valence-electron chi connectivity index (χ4n) is 1.17. The molecule has 0 amide bonds. The Balaban J connectivity index is 4.15. The molecule has 0 aliphatic heterocycles. The third-order valence-electron chi connectivity index (χ3n) is 1.82. The van der Waals surface area contributed by atoms with Gasteiger partial charge in [0.05, 0.1) is 5.92 Å². The lowest BCUT2D eigenvalue weighted by atomic mass is 9.89. The Bertz CT molecular complexity index is 159. The van der Waals surface area contributed by atoms with E-state index < -0.39 is 0 Å². The maximum absolute atomic E-state index is 11.4. The summed E-state index contributed by atoms with van der Waals surface area (Å²) < 4.78 is 0. The third-order valence-corrected chi connectivity index (χ3v) is 1.82. The van der Waals surface area contributed by atoms with Crippen molar-refractivity contribution in [3.8, 4) is 0 Å². The molecule has 0 aromatic heterocycles. The first-order valence-corrected chi connectivity index (χ1v) is 4.48. The quantitative estimate of drug-likeness (QED) is 0.467. The minimum atomic E-state index is -0.384. The van der Waals surface area contributed by atoms with Crippen molar-refractivity contribution >= 4 is 12.1 Å². The molecule has 0 spiro atoms. The summed E-state index contributed by atoms with van der Waals surface area (Å²) >= 11 is 0. The highest BCUT2D eigenvalue weighted by molar-refractivity contribution is 5.94. The van der Waals surface area contributed by atoms with Crippen molar-refractivity contribution in [1.82, 2.24) is 0 Å². The van der Waals surface area contributed by atoms with Gasteiger partial charge in [0.2, 0.25) is 0 Å². The Morgan fingerprint density at radius 3 is 2.00 bits per heavy atom. The number of aldehydes is 1. The molecule has 0 aromatic carbocycles. The number of carbonyl (C=O) groups excluding carboxylic acids is 2. The summed E-state index contributed by atoms with van der Waals surface area (Å²) in [6.07, 6.45) is 1.46. The van der Waals surface area contributed by atoms with Crippen LogP contribution in [0.3, 0.4) is 0 Å². The molecule has 1 atom stereocenters. The molecule has 70 valence electrons. The van der Waals surface area contributed by atoms with Crippen LogP contribution < -0.4 is 0 Å². The second-order valence-electron chi connectivity index (χ2n) is 3.93. The molecule has 0 aromatic rings. The van der Waals surface area contributed by atoms with Gasteiger partial charge in [-0.2, -0.15) is 0 Å². The molecular formula is C10H18O2. The van der Waals surface area contributed by atoms with Crippen LogP contribution in [0.25, 0.3) is 0 Å². The van der Waals surface area contributed by atoms with Crippen molar-refractivity contribution in [2.75, 3.05) is 0 Å². The second-order valence-corrected chi connectivity index (χ2v) is 3.93. The van der Waals surface area contributed by atoms with Gasteiger partial charge in [0, 0.05) is 5.92 Å². The Morgan fingerprint density at radius 2 is 1.75 bits per heavy atom.